The highest BCUT2D eigenvalue weighted by molar-refractivity contribution is 7.91. The molecule has 10 heteroatoms. The van der Waals surface area contributed by atoms with Gasteiger partial charge in [0, 0.05) is 5.70 Å². The highest BCUT2D eigenvalue weighted by Crippen LogP contribution is 2.34. The second-order valence-corrected chi connectivity index (χ2v) is 9.14. The van der Waals surface area contributed by atoms with E-state index in [1.54, 1.807) is 19.1 Å². The second-order valence-electron chi connectivity index (χ2n) is 6.91. The van der Waals surface area contributed by atoms with Crippen molar-refractivity contribution < 1.29 is 32.3 Å². The number of carbonyl (C=O) groups is 3. The van der Waals surface area contributed by atoms with Gasteiger partial charge in [-0.25, -0.2) is 22.8 Å². The molecule has 2 aliphatic rings. The minimum Gasteiger partial charge on any atom is -0.466 e. The third-order valence-corrected chi connectivity index (χ3v) is 6.92. The number of methoxy groups -OCH3 is 2. The lowest BCUT2D eigenvalue weighted by Gasteiger charge is -2.38. The van der Waals surface area contributed by atoms with Gasteiger partial charge in [0.05, 0.1) is 48.9 Å². The first-order chi connectivity index (χ1) is 13.7. The number of allylic oxidation sites excluding steroid dienone is 1. The number of sulfone groups is 1. The molecule has 0 aromatic heterocycles. The molecule has 2 aliphatic heterocycles. The fraction of sp³-hybridized carbons (Fsp3) is 0.421. The Kier molecular flexibility index (Phi) is 5.65. The molecule has 0 radical (unpaired) electrons. The van der Waals surface area contributed by atoms with Gasteiger partial charge in [-0.1, -0.05) is 12.1 Å². The van der Waals surface area contributed by atoms with E-state index in [1.165, 1.54) is 31.3 Å². The number of amides is 2. The standard InChI is InChI=1S/C19H22N2O7S/c1-11-15(18(23)28-3)16(12-4-6-13(7-5-12)17(22)27-2)20-19(24)21(11)14-8-9-29(25,26)10-14/h4-7,14,16H,8-10H2,1-3H3,(H,20,24). The molecule has 1 N–H and O–H groups in total. The highest BCUT2D eigenvalue weighted by atomic mass is 32.2. The Bertz CT molecular complexity index is 982. The average molecular weight is 422 g/mol. The number of ether oxygens (including phenoxy) is 2. The Morgan fingerprint density at radius 1 is 1.10 bits per heavy atom. The highest BCUT2D eigenvalue weighted by Gasteiger charge is 2.42. The van der Waals surface area contributed by atoms with Crippen molar-refractivity contribution >= 4 is 27.8 Å². The molecule has 1 aromatic carbocycles. The van der Waals surface area contributed by atoms with Gasteiger partial charge < -0.3 is 14.8 Å². The number of rotatable bonds is 4. The summed E-state index contributed by atoms with van der Waals surface area (Å²) >= 11 is 0. The lowest BCUT2D eigenvalue weighted by molar-refractivity contribution is -0.136. The van der Waals surface area contributed by atoms with Gasteiger partial charge in [-0.2, -0.15) is 0 Å². The third kappa shape index (κ3) is 3.98. The van der Waals surface area contributed by atoms with E-state index in [-0.39, 0.29) is 17.1 Å². The number of carbonyl (C=O) groups excluding carboxylic acids is 3. The number of esters is 2. The minimum absolute atomic E-state index is 0.000698. The summed E-state index contributed by atoms with van der Waals surface area (Å²) in [4.78, 5) is 38.3. The molecule has 1 saturated heterocycles. The minimum atomic E-state index is -3.22. The molecule has 1 aromatic rings. The first-order valence-electron chi connectivity index (χ1n) is 8.96. The molecular formula is C19H22N2O7S. The first-order valence-corrected chi connectivity index (χ1v) is 10.8. The van der Waals surface area contributed by atoms with Gasteiger partial charge in [-0.05, 0) is 31.0 Å². The van der Waals surface area contributed by atoms with Crippen LogP contribution in [0.4, 0.5) is 4.79 Å². The van der Waals surface area contributed by atoms with Crippen LogP contribution in [0.2, 0.25) is 0 Å². The van der Waals surface area contributed by atoms with Crippen molar-refractivity contribution in [1.82, 2.24) is 10.2 Å². The molecule has 0 bridgehead atoms. The van der Waals surface area contributed by atoms with Gasteiger partial charge in [-0.3, -0.25) is 4.90 Å². The second kappa shape index (κ2) is 7.86. The van der Waals surface area contributed by atoms with Crippen LogP contribution < -0.4 is 5.32 Å². The maximum absolute atomic E-state index is 12.8. The lowest BCUT2D eigenvalue weighted by atomic mass is 9.93. The van der Waals surface area contributed by atoms with Crippen molar-refractivity contribution in [1.29, 1.82) is 0 Å². The molecule has 0 saturated carbocycles. The van der Waals surface area contributed by atoms with Crippen molar-refractivity contribution in [2.75, 3.05) is 25.7 Å². The summed E-state index contributed by atoms with van der Waals surface area (Å²) in [5, 5.41) is 2.76. The van der Waals surface area contributed by atoms with Crippen LogP contribution >= 0.6 is 0 Å². The van der Waals surface area contributed by atoms with Crippen molar-refractivity contribution in [3.05, 3.63) is 46.7 Å². The topological polar surface area (TPSA) is 119 Å². The molecule has 0 spiro atoms. The Morgan fingerprint density at radius 3 is 2.24 bits per heavy atom. The molecular weight excluding hydrogens is 400 g/mol. The summed E-state index contributed by atoms with van der Waals surface area (Å²) in [7, 11) is -0.709. The summed E-state index contributed by atoms with van der Waals surface area (Å²) < 4.78 is 33.3. The van der Waals surface area contributed by atoms with Gasteiger partial charge in [0.15, 0.2) is 9.84 Å². The molecule has 2 amide bonds. The largest absolute Gasteiger partial charge is 0.466 e. The SMILES string of the molecule is COC(=O)C1=C(C)N(C2CCS(=O)(=O)C2)C(=O)NC1c1ccc(C(=O)OC)cc1. The summed E-state index contributed by atoms with van der Waals surface area (Å²) in [5.41, 5.74) is 1.47. The average Bonchev–Trinajstić information content (AvgIpc) is 3.05. The van der Waals surface area contributed by atoms with E-state index in [4.69, 9.17) is 4.74 Å². The Balaban J connectivity index is 2.01. The van der Waals surface area contributed by atoms with Crippen molar-refractivity contribution in [3.63, 3.8) is 0 Å². The van der Waals surface area contributed by atoms with Crippen molar-refractivity contribution in [2.45, 2.75) is 25.4 Å². The Labute approximate surface area is 168 Å². The van der Waals surface area contributed by atoms with Crippen molar-refractivity contribution in [2.24, 2.45) is 0 Å². The molecule has 2 heterocycles. The zero-order valence-electron chi connectivity index (χ0n) is 16.3. The molecule has 1 fully saturated rings. The number of benzene rings is 1. The quantitative estimate of drug-likeness (QED) is 0.724. The monoisotopic (exact) mass is 422 g/mol. The van der Waals surface area contributed by atoms with Gasteiger partial charge in [0.25, 0.3) is 0 Å². The predicted octanol–water partition coefficient (Wildman–Crippen LogP) is 1.17. The number of hydrogen-bond acceptors (Lipinski definition) is 7. The maximum Gasteiger partial charge on any atom is 0.337 e. The smallest absolute Gasteiger partial charge is 0.337 e. The van der Waals surface area contributed by atoms with Gasteiger partial charge in [0.2, 0.25) is 0 Å². The predicted molar refractivity (Wildman–Crippen MR) is 103 cm³/mol. The molecule has 2 atom stereocenters. The molecule has 2 unspecified atom stereocenters. The molecule has 0 aliphatic carbocycles. The van der Waals surface area contributed by atoms with Crippen LogP contribution in [0.5, 0.6) is 0 Å². The zero-order valence-corrected chi connectivity index (χ0v) is 17.1. The van der Waals surface area contributed by atoms with Crippen LogP contribution in [0.1, 0.15) is 35.3 Å². The summed E-state index contributed by atoms with van der Waals surface area (Å²) in [6.45, 7) is 1.60. The van der Waals surface area contributed by atoms with Gasteiger partial charge in [0.1, 0.15) is 0 Å². The van der Waals surface area contributed by atoms with E-state index in [1.807, 2.05) is 0 Å². The third-order valence-electron chi connectivity index (χ3n) is 5.17. The van der Waals surface area contributed by atoms with Crippen LogP contribution in [-0.4, -0.2) is 63.1 Å². The van der Waals surface area contributed by atoms with E-state index in [0.717, 1.165) is 0 Å². The van der Waals surface area contributed by atoms with E-state index >= 15 is 0 Å². The van der Waals surface area contributed by atoms with Crippen LogP contribution in [-0.2, 0) is 24.1 Å². The fourth-order valence-electron chi connectivity index (χ4n) is 3.73. The molecule has 29 heavy (non-hydrogen) atoms. The zero-order chi connectivity index (χ0) is 21.3. The van der Waals surface area contributed by atoms with E-state index in [0.29, 0.717) is 23.2 Å². The maximum atomic E-state index is 12.8. The number of nitrogens with one attached hydrogen (secondary N) is 1. The molecule has 3 rings (SSSR count). The van der Waals surface area contributed by atoms with E-state index < -0.39 is 39.9 Å². The Hall–Kier alpha value is -2.88. The van der Waals surface area contributed by atoms with Gasteiger partial charge >= 0.3 is 18.0 Å². The first kappa shape index (κ1) is 20.8. The van der Waals surface area contributed by atoms with Crippen LogP contribution in [0.25, 0.3) is 0 Å². The fourth-order valence-corrected chi connectivity index (χ4v) is 5.43. The van der Waals surface area contributed by atoms with Crippen molar-refractivity contribution in [3.8, 4) is 0 Å². The van der Waals surface area contributed by atoms with Crippen LogP contribution in [0, 0.1) is 0 Å². The van der Waals surface area contributed by atoms with Crippen LogP contribution in [0.15, 0.2) is 35.5 Å². The van der Waals surface area contributed by atoms with E-state index in [2.05, 4.69) is 10.1 Å². The van der Waals surface area contributed by atoms with E-state index in [9.17, 15) is 22.8 Å². The van der Waals surface area contributed by atoms with Crippen LogP contribution in [0.3, 0.4) is 0 Å². The normalized spacial score (nSPS) is 23.6. The Morgan fingerprint density at radius 2 is 1.72 bits per heavy atom. The number of hydrogen-bond donors (Lipinski definition) is 1. The number of urea groups is 1. The summed E-state index contributed by atoms with van der Waals surface area (Å²) in [6.07, 6.45) is 0.306. The number of nitrogens with zero attached hydrogens (tertiary/aromatic N) is 1. The lowest BCUT2D eigenvalue weighted by Crippen LogP contribution is -2.52. The molecule has 9 nitrogen and oxygen atoms in total. The molecule has 156 valence electrons. The summed E-state index contributed by atoms with van der Waals surface area (Å²) in [6, 6.07) is 4.48. The van der Waals surface area contributed by atoms with Gasteiger partial charge in [-0.15, -0.1) is 0 Å². The summed E-state index contributed by atoms with van der Waals surface area (Å²) in [5.74, 6) is -1.28.